The Morgan fingerprint density at radius 3 is 2.78 bits per heavy atom. The molecule has 0 radical (unpaired) electrons. The fraction of sp³-hybridized carbons (Fsp3) is 0.438. The van der Waals surface area contributed by atoms with Crippen LogP contribution in [0, 0.1) is 0 Å². The molecule has 7 heteroatoms. The van der Waals surface area contributed by atoms with Crippen LogP contribution in [0.5, 0.6) is 5.75 Å². The molecule has 1 N–H and O–H groups in total. The van der Waals surface area contributed by atoms with Gasteiger partial charge in [0.05, 0.1) is 6.61 Å². The van der Waals surface area contributed by atoms with Gasteiger partial charge in [-0.25, -0.2) is 4.79 Å². The first-order valence-electron chi connectivity index (χ1n) is 7.67. The Bertz CT molecular complexity index is 658. The van der Waals surface area contributed by atoms with E-state index >= 15 is 0 Å². The fourth-order valence-electron chi connectivity index (χ4n) is 2.21. The summed E-state index contributed by atoms with van der Waals surface area (Å²) in [6.45, 7) is 5.45. The first-order valence-corrected chi connectivity index (χ1v) is 8.65. The van der Waals surface area contributed by atoms with Crippen molar-refractivity contribution in [3.8, 4) is 5.75 Å². The summed E-state index contributed by atoms with van der Waals surface area (Å²) in [6.07, 6.45) is 1.96. The minimum Gasteiger partial charge on any atom is -0.492 e. The van der Waals surface area contributed by atoms with E-state index in [4.69, 9.17) is 9.84 Å². The minimum absolute atomic E-state index is 0.180. The molecule has 2 aromatic rings. The van der Waals surface area contributed by atoms with Crippen LogP contribution in [0.3, 0.4) is 0 Å². The second-order valence-electron chi connectivity index (χ2n) is 4.89. The summed E-state index contributed by atoms with van der Waals surface area (Å²) in [4.78, 5) is 11.1. The molecule has 0 aliphatic carbocycles. The molecule has 23 heavy (non-hydrogen) atoms. The Morgan fingerprint density at radius 2 is 2.09 bits per heavy atom. The molecule has 0 bridgehead atoms. The molecule has 1 aromatic carbocycles. The van der Waals surface area contributed by atoms with E-state index in [-0.39, 0.29) is 5.56 Å². The molecular weight excluding hydrogens is 314 g/mol. The van der Waals surface area contributed by atoms with E-state index in [1.54, 1.807) is 30.0 Å². The van der Waals surface area contributed by atoms with Crippen LogP contribution < -0.4 is 4.74 Å². The number of benzene rings is 1. The lowest BCUT2D eigenvalue weighted by Gasteiger charge is -2.09. The van der Waals surface area contributed by atoms with Gasteiger partial charge < -0.3 is 14.4 Å². The number of hydrogen-bond acceptors (Lipinski definition) is 5. The predicted molar refractivity (Wildman–Crippen MR) is 89.3 cm³/mol. The Hall–Kier alpha value is -2.02. The Balaban J connectivity index is 1.90. The van der Waals surface area contributed by atoms with Crippen molar-refractivity contribution in [2.45, 2.75) is 38.4 Å². The highest BCUT2D eigenvalue weighted by molar-refractivity contribution is 7.99. The van der Waals surface area contributed by atoms with E-state index < -0.39 is 5.97 Å². The monoisotopic (exact) mass is 335 g/mol. The van der Waals surface area contributed by atoms with Gasteiger partial charge >= 0.3 is 5.97 Å². The quantitative estimate of drug-likeness (QED) is 0.560. The summed E-state index contributed by atoms with van der Waals surface area (Å²) >= 11 is 1.57. The topological polar surface area (TPSA) is 77.2 Å². The predicted octanol–water partition coefficient (Wildman–Crippen LogP) is 3.12. The highest BCUT2D eigenvalue weighted by Gasteiger charge is 2.12. The molecule has 2 rings (SSSR count). The van der Waals surface area contributed by atoms with Gasteiger partial charge in [-0.2, -0.15) is 0 Å². The van der Waals surface area contributed by atoms with E-state index in [1.807, 2.05) is 0 Å². The van der Waals surface area contributed by atoms with Crippen LogP contribution in [0.1, 0.15) is 36.5 Å². The van der Waals surface area contributed by atoms with Crippen LogP contribution in [-0.4, -0.2) is 38.2 Å². The SMILES string of the molecule is CCCc1nnc(SCCOc2ccccc2C(=O)O)n1CC. The fourth-order valence-corrected chi connectivity index (χ4v) is 3.04. The van der Waals surface area contributed by atoms with Gasteiger partial charge in [-0.15, -0.1) is 10.2 Å². The van der Waals surface area contributed by atoms with Crippen molar-refractivity contribution in [2.24, 2.45) is 0 Å². The molecule has 0 saturated carbocycles. The number of carbonyl (C=O) groups is 1. The molecule has 0 amide bonds. The van der Waals surface area contributed by atoms with Crippen molar-refractivity contribution in [1.82, 2.24) is 14.8 Å². The molecule has 0 saturated heterocycles. The standard InChI is InChI=1S/C16H21N3O3S/c1-3-7-14-17-18-16(19(14)4-2)23-11-10-22-13-9-6-5-8-12(13)15(20)21/h5-6,8-9H,3-4,7,10-11H2,1-2H3,(H,20,21). The van der Waals surface area contributed by atoms with Gasteiger partial charge in [-0.1, -0.05) is 30.8 Å². The summed E-state index contributed by atoms with van der Waals surface area (Å²) in [6, 6.07) is 6.65. The van der Waals surface area contributed by atoms with Gasteiger partial charge in [0.1, 0.15) is 17.1 Å². The zero-order chi connectivity index (χ0) is 16.7. The molecule has 0 aliphatic rings. The summed E-state index contributed by atoms with van der Waals surface area (Å²) in [7, 11) is 0. The molecule has 6 nitrogen and oxygen atoms in total. The molecular formula is C16H21N3O3S. The zero-order valence-corrected chi connectivity index (χ0v) is 14.2. The zero-order valence-electron chi connectivity index (χ0n) is 13.4. The number of ether oxygens (including phenoxy) is 1. The number of thioether (sulfide) groups is 1. The second-order valence-corrected chi connectivity index (χ2v) is 5.95. The normalized spacial score (nSPS) is 10.7. The third kappa shape index (κ3) is 4.48. The van der Waals surface area contributed by atoms with E-state index in [0.717, 1.165) is 30.4 Å². The third-order valence-electron chi connectivity index (χ3n) is 3.27. The van der Waals surface area contributed by atoms with Gasteiger partial charge in [-0.05, 0) is 25.5 Å². The van der Waals surface area contributed by atoms with Gasteiger partial charge in [-0.3, -0.25) is 0 Å². The van der Waals surface area contributed by atoms with Crippen LogP contribution in [-0.2, 0) is 13.0 Å². The average Bonchev–Trinajstić information content (AvgIpc) is 2.94. The third-order valence-corrected chi connectivity index (χ3v) is 4.20. The van der Waals surface area contributed by atoms with Crippen LogP contribution in [0.2, 0.25) is 0 Å². The van der Waals surface area contributed by atoms with Gasteiger partial charge in [0, 0.05) is 18.7 Å². The molecule has 0 fully saturated rings. The van der Waals surface area contributed by atoms with Crippen molar-refractivity contribution >= 4 is 17.7 Å². The molecule has 0 spiro atoms. The van der Waals surface area contributed by atoms with Crippen molar-refractivity contribution in [2.75, 3.05) is 12.4 Å². The first kappa shape index (κ1) is 17.3. The number of aromatic carboxylic acids is 1. The lowest BCUT2D eigenvalue weighted by atomic mass is 10.2. The summed E-state index contributed by atoms with van der Waals surface area (Å²) in [5.74, 6) is 1.10. The molecule has 1 aromatic heterocycles. The second kappa shape index (κ2) is 8.57. The average molecular weight is 335 g/mol. The number of rotatable bonds is 9. The van der Waals surface area contributed by atoms with Crippen molar-refractivity contribution < 1.29 is 14.6 Å². The number of nitrogens with zero attached hydrogens (tertiary/aromatic N) is 3. The largest absolute Gasteiger partial charge is 0.492 e. The summed E-state index contributed by atoms with van der Waals surface area (Å²) in [5, 5.41) is 18.4. The lowest BCUT2D eigenvalue weighted by molar-refractivity contribution is 0.0692. The van der Waals surface area contributed by atoms with Gasteiger partial charge in [0.25, 0.3) is 0 Å². The molecule has 1 heterocycles. The van der Waals surface area contributed by atoms with Crippen LogP contribution in [0.4, 0.5) is 0 Å². The molecule has 0 unspecified atom stereocenters. The number of hydrogen-bond donors (Lipinski definition) is 1. The first-order chi connectivity index (χ1) is 11.2. The summed E-state index contributed by atoms with van der Waals surface area (Å²) < 4.78 is 7.70. The van der Waals surface area contributed by atoms with E-state index in [1.165, 1.54) is 6.07 Å². The van der Waals surface area contributed by atoms with E-state index in [2.05, 4.69) is 28.6 Å². The van der Waals surface area contributed by atoms with Crippen molar-refractivity contribution in [1.29, 1.82) is 0 Å². The number of aryl methyl sites for hydroxylation is 1. The van der Waals surface area contributed by atoms with Gasteiger partial charge in [0.2, 0.25) is 0 Å². The number of carboxylic acid groups (broad SMARTS) is 1. The maximum Gasteiger partial charge on any atom is 0.339 e. The Kier molecular flexibility index (Phi) is 6.46. The number of aromatic nitrogens is 3. The maximum absolute atomic E-state index is 11.1. The Morgan fingerprint density at radius 1 is 1.30 bits per heavy atom. The van der Waals surface area contributed by atoms with Crippen LogP contribution >= 0.6 is 11.8 Å². The highest BCUT2D eigenvalue weighted by Crippen LogP contribution is 2.20. The lowest BCUT2D eigenvalue weighted by Crippen LogP contribution is -2.07. The van der Waals surface area contributed by atoms with Crippen LogP contribution in [0.15, 0.2) is 29.4 Å². The van der Waals surface area contributed by atoms with Crippen LogP contribution in [0.25, 0.3) is 0 Å². The highest BCUT2D eigenvalue weighted by atomic mass is 32.2. The smallest absolute Gasteiger partial charge is 0.339 e. The maximum atomic E-state index is 11.1. The van der Waals surface area contributed by atoms with Crippen molar-refractivity contribution in [3.05, 3.63) is 35.7 Å². The Labute approximate surface area is 139 Å². The minimum atomic E-state index is -0.983. The molecule has 0 aliphatic heterocycles. The summed E-state index contributed by atoms with van der Waals surface area (Å²) in [5.41, 5.74) is 0.180. The van der Waals surface area contributed by atoms with Crippen molar-refractivity contribution in [3.63, 3.8) is 0 Å². The number of para-hydroxylation sites is 1. The number of carboxylic acids is 1. The molecule has 0 atom stereocenters. The van der Waals surface area contributed by atoms with Gasteiger partial charge in [0.15, 0.2) is 5.16 Å². The van der Waals surface area contributed by atoms with E-state index in [9.17, 15) is 4.79 Å². The molecule has 124 valence electrons. The van der Waals surface area contributed by atoms with E-state index in [0.29, 0.717) is 18.1 Å².